The van der Waals surface area contributed by atoms with Crippen LogP contribution in [-0.2, 0) is 9.53 Å². The number of nitrogens with zero attached hydrogens (tertiary/aromatic N) is 1. The van der Waals surface area contributed by atoms with Crippen molar-refractivity contribution in [2.45, 2.75) is 39.7 Å². The lowest BCUT2D eigenvalue weighted by Gasteiger charge is -2.15. The highest BCUT2D eigenvalue weighted by atomic mass is 16.5. The molecule has 1 atom stereocenters. The molecule has 1 aromatic rings. The SMILES string of the molecule is CC(C)CC[C@@H](C)NC(=O)COC(=O)c1ccc(N(C)C)cc1. The zero-order chi connectivity index (χ0) is 17.4. The van der Waals surface area contributed by atoms with E-state index < -0.39 is 5.97 Å². The first-order chi connectivity index (χ1) is 10.8. The minimum Gasteiger partial charge on any atom is -0.452 e. The lowest BCUT2D eigenvalue weighted by Crippen LogP contribution is -2.36. The number of hydrogen-bond donors (Lipinski definition) is 1. The van der Waals surface area contributed by atoms with Gasteiger partial charge in [0.25, 0.3) is 5.91 Å². The fourth-order valence-corrected chi connectivity index (χ4v) is 2.08. The van der Waals surface area contributed by atoms with Gasteiger partial charge in [-0.15, -0.1) is 0 Å². The minimum atomic E-state index is -0.486. The molecule has 1 aromatic carbocycles. The number of nitrogens with one attached hydrogen (secondary N) is 1. The van der Waals surface area contributed by atoms with Gasteiger partial charge in [-0.2, -0.15) is 0 Å². The second-order valence-electron chi connectivity index (χ2n) is 6.46. The number of carbonyl (C=O) groups is 2. The summed E-state index contributed by atoms with van der Waals surface area (Å²) in [5.41, 5.74) is 1.44. The Morgan fingerprint density at radius 2 is 1.70 bits per heavy atom. The van der Waals surface area contributed by atoms with Crippen molar-refractivity contribution >= 4 is 17.6 Å². The van der Waals surface area contributed by atoms with Crippen LogP contribution in [0.25, 0.3) is 0 Å². The standard InChI is InChI=1S/C18H28N2O3/c1-13(2)6-7-14(3)19-17(21)12-23-18(22)15-8-10-16(11-9-15)20(4)5/h8-11,13-14H,6-7,12H2,1-5H3,(H,19,21)/t14-/m1/s1. The Bertz CT molecular complexity index is 510. The van der Waals surface area contributed by atoms with Crippen LogP contribution in [0.4, 0.5) is 5.69 Å². The number of carbonyl (C=O) groups excluding carboxylic acids is 2. The molecular weight excluding hydrogens is 292 g/mol. The van der Waals surface area contributed by atoms with E-state index in [4.69, 9.17) is 4.74 Å². The number of ether oxygens (including phenoxy) is 1. The zero-order valence-electron chi connectivity index (χ0n) is 14.8. The number of esters is 1. The summed E-state index contributed by atoms with van der Waals surface area (Å²) in [4.78, 5) is 25.6. The Kier molecular flexibility index (Phi) is 7.59. The molecule has 1 rings (SSSR count). The smallest absolute Gasteiger partial charge is 0.338 e. The van der Waals surface area contributed by atoms with E-state index in [0.717, 1.165) is 18.5 Å². The third kappa shape index (κ3) is 7.17. The van der Waals surface area contributed by atoms with Gasteiger partial charge in [0, 0.05) is 25.8 Å². The monoisotopic (exact) mass is 320 g/mol. The molecule has 0 bridgehead atoms. The van der Waals surface area contributed by atoms with E-state index in [-0.39, 0.29) is 18.6 Å². The summed E-state index contributed by atoms with van der Waals surface area (Å²) in [6.07, 6.45) is 1.98. The molecule has 0 fully saturated rings. The normalized spacial score (nSPS) is 11.9. The van der Waals surface area contributed by atoms with E-state index in [2.05, 4.69) is 19.2 Å². The van der Waals surface area contributed by atoms with Crippen molar-refractivity contribution in [1.29, 1.82) is 0 Å². The molecule has 0 saturated heterocycles. The fraction of sp³-hybridized carbons (Fsp3) is 0.556. The molecule has 0 aliphatic rings. The first-order valence-corrected chi connectivity index (χ1v) is 8.03. The van der Waals surface area contributed by atoms with Gasteiger partial charge in [0.2, 0.25) is 0 Å². The molecule has 0 spiro atoms. The lowest BCUT2D eigenvalue weighted by molar-refractivity contribution is -0.124. The zero-order valence-corrected chi connectivity index (χ0v) is 14.8. The third-order valence-corrected chi connectivity index (χ3v) is 3.54. The number of hydrogen-bond acceptors (Lipinski definition) is 4. The maximum Gasteiger partial charge on any atom is 0.338 e. The van der Waals surface area contributed by atoms with Crippen molar-refractivity contribution in [2.75, 3.05) is 25.6 Å². The van der Waals surface area contributed by atoms with Crippen LogP contribution in [0.5, 0.6) is 0 Å². The maximum absolute atomic E-state index is 11.9. The van der Waals surface area contributed by atoms with Crippen LogP contribution in [0, 0.1) is 5.92 Å². The van der Waals surface area contributed by atoms with E-state index in [1.54, 1.807) is 12.1 Å². The van der Waals surface area contributed by atoms with Gasteiger partial charge >= 0.3 is 5.97 Å². The highest BCUT2D eigenvalue weighted by Gasteiger charge is 2.12. The van der Waals surface area contributed by atoms with Crippen LogP contribution in [0.3, 0.4) is 0 Å². The third-order valence-electron chi connectivity index (χ3n) is 3.54. The Hall–Kier alpha value is -2.04. The van der Waals surface area contributed by atoms with Gasteiger partial charge < -0.3 is 15.0 Å². The molecule has 0 aliphatic heterocycles. The number of amides is 1. The lowest BCUT2D eigenvalue weighted by atomic mass is 10.0. The molecule has 0 aromatic heterocycles. The van der Waals surface area contributed by atoms with Crippen LogP contribution in [0.1, 0.15) is 44.0 Å². The van der Waals surface area contributed by atoms with Gasteiger partial charge in [0.15, 0.2) is 6.61 Å². The molecule has 0 aliphatic carbocycles. The molecule has 5 heteroatoms. The second-order valence-corrected chi connectivity index (χ2v) is 6.46. The van der Waals surface area contributed by atoms with Crippen molar-refractivity contribution in [3.8, 4) is 0 Å². The van der Waals surface area contributed by atoms with E-state index in [9.17, 15) is 9.59 Å². The van der Waals surface area contributed by atoms with Gasteiger partial charge in [0.1, 0.15) is 0 Å². The van der Waals surface area contributed by atoms with E-state index in [1.807, 2.05) is 38.1 Å². The topological polar surface area (TPSA) is 58.6 Å². The van der Waals surface area contributed by atoms with E-state index in [1.165, 1.54) is 0 Å². The fourth-order valence-electron chi connectivity index (χ4n) is 2.08. The molecule has 0 saturated carbocycles. The predicted octanol–water partition coefficient (Wildman–Crippen LogP) is 2.85. The summed E-state index contributed by atoms with van der Waals surface area (Å²) >= 11 is 0. The molecular formula is C18H28N2O3. The van der Waals surface area contributed by atoms with Crippen LogP contribution in [0.2, 0.25) is 0 Å². The summed E-state index contributed by atoms with van der Waals surface area (Å²) in [5.74, 6) is -0.142. The average molecular weight is 320 g/mol. The Morgan fingerprint density at radius 3 is 2.22 bits per heavy atom. The van der Waals surface area contributed by atoms with Gasteiger partial charge in [-0.1, -0.05) is 13.8 Å². The molecule has 128 valence electrons. The molecule has 0 unspecified atom stereocenters. The first kappa shape index (κ1) is 19.0. The number of benzene rings is 1. The summed E-state index contributed by atoms with van der Waals surface area (Å²) in [6, 6.07) is 7.15. The summed E-state index contributed by atoms with van der Waals surface area (Å²) in [7, 11) is 3.86. The predicted molar refractivity (Wildman–Crippen MR) is 92.7 cm³/mol. The molecule has 0 radical (unpaired) electrons. The molecule has 1 N–H and O–H groups in total. The summed E-state index contributed by atoms with van der Waals surface area (Å²) < 4.78 is 5.05. The van der Waals surface area contributed by atoms with Crippen molar-refractivity contribution in [3.63, 3.8) is 0 Å². The first-order valence-electron chi connectivity index (χ1n) is 8.03. The summed E-state index contributed by atoms with van der Waals surface area (Å²) in [5, 5.41) is 2.84. The number of anilines is 1. The minimum absolute atomic E-state index is 0.0861. The molecule has 0 heterocycles. The van der Waals surface area contributed by atoms with Gasteiger partial charge in [-0.3, -0.25) is 4.79 Å². The van der Waals surface area contributed by atoms with Crippen molar-refractivity contribution in [2.24, 2.45) is 5.92 Å². The highest BCUT2D eigenvalue weighted by molar-refractivity contribution is 5.91. The van der Waals surface area contributed by atoms with E-state index in [0.29, 0.717) is 11.5 Å². The van der Waals surface area contributed by atoms with Crippen molar-refractivity contribution < 1.29 is 14.3 Å². The molecule has 5 nitrogen and oxygen atoms in total. The van der Waals surface area contributed by atoms with Gasteiger partial charge in [0.05, 0.1) is 5.56 Å². The van der Waals surface area contributed by atoms with Crippen molar-refractivity contribution in [1.82, 2.24) is 5.32 Å². The molecule has 23 heavy (non-hydrogen) atoms. The van der Waals surface area contributed by atoms with Crippen LogP contribution in [-0.4, -0.2) is 38.6 Å². The largest absolute Gasteiger partial charge is 0.452 e. The Labute approximate surface area is 139 Å². The second kappa shape index (κ2) is 9.18. The highest BCUT2D eigenvalue weighted by Crippen LogP contribution is 2.13. The Morgan fingerprint density at radius 1 is 1.09 bits per heavy atom. The van der Waals surface area contributed by atoms with E-state index >= 15 is 0 Å². The van der Waals surface area contributed by atoms with Gasteiger partial charge in [-0.05, 0) is 49.9 Å². The Balaban J connectivity index is 2.38. The summed E-state index contributed by atoms with van der Waals surface area (Å²) in [6.45, 7) is 6.01. The average Bonchev–Trinajstić information content (AvgIpc) is 2.50. The maximum atomic E-state index is 11.9. The van der Waals surface area contributed by atoms with Crippen molar-refractivity contribution in [3.05, 3.63) is 29.8 Å². The molecule has 1 amide bonds. The number of rotatable bonds is 8. The van der Waals surface area contributed by atoms with Crippen LogP contribution < -0.4 is 10.2 Å². The van der Waals surface area contributed by atoms with Gasteiger partial charge in [-0.25, -0.2) is 4.79 Å². The van der Waals surface area contributed by atoms with Crippen LogP contribution in [0.15, 0.2) is 24.3 Å². The quantitative estimate of drug-likeness (QED) is 0.748. The van der Waals surface area contributed by atoms with Crippen LogP contribution >= 0.6 is 0 Å².